The van der Waals surface area contributed by atoms with Gasteiger partial charge in [0.25, 0.3) is 0 Å². The molecule has 0 aliphatic carbocycles. The van der Waals surface area contributed by atoms with Crippen molar-refractivity contribution in [2.45, 2.75) is 10.6 Å². The Morgan fingerprint density at radius 1 is 0.939 bits per heavy atom. The number of benzene rings is 2. The second kappa shape index (κ2) is 9.23. The van der Waals surface area contributed by atoms with E-state index in [1.54, 1.807) is 36.4 Å². The van der Waals surface area contributed by atoms with Gasteiger partial charge < -0.3 is 4.98 Å². The molecule has 33 heavy (non-hydrogen) atoms. The van der Waals surface area contributed by atoms with Crippen LogP contribution in [0.15, 0.2) is 74.5 Å². The predicted octanol–water partition coefficient (Wildman–Crippen LogP) is 4.51. The number of carbonyl (C=O) groups is 1. The summed E-state index contributed by atoms with van der Waals surface area (Å²) in [7, 11) is -3.79. The van der Waals surface area contributed by atoms with E-state index in [1.807, 2.05) is 0 Å². The highest BCUT2D eigenvalue weighted by Crippen LogP contribution is 2.28. The molecule has 0 amide bonds. The molecule has 0 spiro atoms. The van der Waals surface area contributed by atoms with E-state index in [0.717, 1.165) is 11.3 Å². The lowest BCUT2D eigenvalue weighted by atomic mass is 10.0. The summed E-state index contributed by atoms with van der Waals surface area (Å²) in [6.45, 7) is 0. The number of thiophene rings is 1. The van der Waals surface area contributed by atoms with Crippen molar-refractivity contribution >= 4 is 61.1 Å². The fraction of sp³-hybridized carbons (Fsp3) is 0.0870. The van der Waals surface area contributed by atoms with Gasteiger partial charge in [0, 0.05) is 34.0 Å². The lowest BCUT2D eigenvalue weighted by Gasteiger charge is -2.07. The Hall–Kier alpha value is -2.78. The summed E-state index contributed by atoms with van der Waals surface area (Å²) in [6.07, 6.45) is -0.158. The number of fused-ring (bicyclic) bond motifs is 1. The van der Waals surface area contributed by atoms with Gasteiger partial charge in [0.05, 0.1) is 9.85 Å². The molecule has 0 fully saturated rings. The first-order valence-corrected chi connectivity index (χ1v) is 12.8. The smallest absolute Gasteiger partial charge is 0.249 e. The minimum Gasteiger partial charge on any atom is -0.322 e. The number of carbonyl (C=O) groups excluding carboxylic acids is 1. The summed E-state index contributed by atoms with van der Waals surface area (Å²) >= 11 is 13.1. The van der Waals surface area contributed by atoms with E-state index in [-0.39, 0.29) is 26.6 Å². The van der Waals surface area contributed by atoms with Crippen LogP contribution in [0, 0.1) is 0 Å². The number of hydrogen-bond acceptors (Lipinski definition) is 6. The highest BCUT2D eigenvalue weighted by atomic mass is 35.5. The number of sulfone groups is 1. The molecule has 10 heteroatoms. The lowest BCUT2D eigenvalue weighted by Crippen LogP contribution is -2.17. The molecule has 168 valence electrons. The molecule has 4 aromatic rings. The SMILES string of the molecule is O=C(Cc1ccc(-c2cc(=O)[nH]c3ccccc3c2=O)c(Cl)c1)CS(=O)(=O)c1ccc(Cl)s1. The molecule has 0 saturated heterocycles. The van der Waals surface area contributed by atoms with Gasteiger partial charge in [0.15, 0.2) is 21.0 Å². The monoisotopic (exact) mass is 519 g/mol. The normalized spacial score (nSPS) is 11.6. The van der Waals surface area contributed by atoms with E-state index in [1.165, 1.54) is 24.3 Å². The number of ketones is 1. The Morgan fingerprint density at radius 3 is 2.39 bits per heavy atom. The van der Waals surface area contributed by atoms with Crippen molar-refractivity contribution < 1.29 is 13.2 Å². The standard InChI is InChI=1S/C23H15Cl2NO5S2/c24-18-10-13(9-14(27)12-33(30,31)22-8-7-20(25)32-22)5-6-15(18)17-11-21(28)26-19-4-2-1-3-16(19)23(17)29/h1-8,10-11H,9,12H2,(H,26,28). The number of nitrogens with one attached hydrogen (secondary N) is 1. The van der Waals surface area contributed by atoms with Crippen LogP contribution >= 0.6 is 34.5 Å². The molecule has 2 heterocycles. The van der Waals surface area contributed by atoms with Crippen LogP contribution in [0.5, 0.6) is 0 Å². The largest absolute Gasteiger partial charge is 0.322 e. The Balaban J connectivity index is 1.63. The zero-order valence-corrected chi connectivity index (χ0v) is 19.9. The summed E-state index contributed by atoms with van der Waals surface area (Å²) in [5, 5.41) is 0.504. The Bertz CT molecular complexity index is 1620. The van der Waals surface area contributed by atoms with E-state index in [9.17, 15) is 22.8 Å². The van der Waals surface area contributed by atoms with Crippen molar-refractivity contribution in [1.29, 1.82) is 0 Å². The fourth-order valence-corrected chi connectivity index (χ4v) is 6.53. The van der Waals surface area contributed by atoms with Crippen LogP contribution in [-0.4, -0.2) is 24.9 Å². The minimum atomic E-state index is -3.79. The molecule has 2 aromatic heterocycles. The lowest BCUT2D eigenvalue weighted by molar-refractivity contribution is -0.116. The summed E-state index contributed by atoms with van der Waals surface area (Å²) in [5.41, 5.74) is 0.529. The van der Waals surface area contributed by atoms with Crippen molar-refractivity contribution in [3.8, 4) is 11.1 Å². The first-order chi connectivity index (χ1) is 15.6. The number of Topliss-reactive ketones (excluding diaryl/α,β-unsaturated/α-hetero) is 1. The fourth-order valence-electron chi connectivity index (χ4n) is 3.41. The predicted molar refractivity (Wildman–Crippen MR) is 131 cm³/mol. The van der Waals surface area contributed by atoms with Gasteiger partial charge in [0.1, 0.15) is 9.96 Å². The van der Waals surface area contributed by atoms with E-state index >= 15 is 0 Å². The van der Waals surface area contributed by atoms with Crippen LogP contribution in [0.4, 0.5) is 0 Å². The zero-order chi connectivity index (χ0) is 23.8. The first-order valence-electron chi connectivity index (χ1n) is 9.59. The van der Waals surface area contributed by atoms with E-state index in [4.69, 9.17) is 23.2 Å². The minimum absolute atomic E-state index is 0.0339. The van der Waals surface area contributed by atoms with Crippen LogP contribution in [-0.2, 0) is 21.1 Å². The maximum Gasteiger partial charge on any atom is 0.249 e. The number of rotatable bonds is 6. The van der Waals surface area contributed by atoms with Gasteiger partial charge in [-0.1, -0.05) is 47.5 Å². The first kappa shape index (κ1) is 23.4. The van der Waals surface area contributed by atoms with Crippen molar-refractivity contribution in [1.82, 2.24) is 4.98 Å². The maximum atomic E-state index is 13.0. The molecule has 0 saturated carbocycles. The molecule has 0 bridgehead atoms. The topological polar surface area (TPSA) is 101 Å². The highest BCUT2D eigenvalue weighted by molar-refractivity contribution is 7.94. The summed E-state index contributed by atoms with van der Waals surface area (Å²) < 4.78 is 25.1. The summed E-state index contributed by atoms with van der Waals surface area (Å²) in [6, 6.07) is 15.3. The van der Waals surface area contributed by atoms with Gasteiger partial charge in [0.2, 0.25) is 5.56 Å². The molecule has 1 N–H and O–H groups in total. The quantitative estimate of drug-likeness (QED) is 0.403. The Kier molecular flexibility index (Phi) is 6.54. The number of H-pyrrole nitrogens is 1. The maximum absolute atomic E-state index is 13.0. The number of aromatic amines is 1. The van der Waals surface area contributed by atoms with E-state index in [2.05, 4.69) is 4.98 Å². The average molecular weight is 520 g/mol. The molecule has 0 atom stereocenters. The van der Waals surface area contributed by atoms with Crippen molar-refractivity contribution in [2.75, 3.05) is 5.75 Å². The Morgan fingerprint density at radius 2 is 1.70 bits per heavy atom. The molecule has 2 aromatic carbocycles. The number of hydrogen-bond donors (Lipinski definition) is 1. The number of halogens is 2. The van der Waals surface area contributed by atoms with Gasteiger partial charge in [-0.3, -0.25) is 14.4 Å². The number of para-hydroxylation sites is 1. The van der Waals surface area contributed by atoms with Crippen LogP contribution in [0.25, 0.3) is 22.0 Å². The second-order valence-corrected chi connectivity index (χ2v) is 11.6. The molecular weight excluding hydrogens is 505 g/mol. The molecule has 6 nitrogen and oxygen atoms in total. The molecule has 4 rings (SSSR count). The average Bonchev–Trinajstić information content (AvgIpc) is 3.14. The van der Waals surface area contributed by atoms with E-state index < -0.39 is 26.9 Å². The van der Waals surface area contributed by atoms with Crippen LogP contribution < -0.4 is 11.0 Å². The molecule has 0 aliphatic heterocycles. The third kappa shape index (κ3) is 5.09. The van der Waals surface area contributed by atoms with Crippen molar-refractivity contribution in [3.63, 3.8) is 0 Å². The van der Waals surface area contributed by atoms with E-state index in [0.29, 0.717) is 26.4 Å². The summed E-state index contributed by atoms with van der Waals surface area (Å²) in [4.78, 5) is 40.4. The molecule has 0 aliphatic rings. The Labute approximate surface area is 202 Å². The molecule has 0 unspecified atom stereocenters. The van der Waals surface area contributed by atoms with Crippen molar-refractivity contribution in [3.05, 3.63) is 96.2 Å². The molecule has 0 radical (unpaired) electrons. The molecular formula is C23H15Cl2NO5S2. The number of aromatic nitrogens is 1. The van der Waals surface area contributed by atoms with Gasteiger partial charge in [-0.2, -0.15) is 0 Å². The van der Waals surface area contributed by atoms with Crippen LogP contribution in [0.1, 0.15) is 5.56 Å². The van der Waals surface area contributed by atoms with Crippen LogP contribution in [0.3, 0.4) is 0 Å². The van der Waals surface area contributed by atoms with Gasteiger partial charge in [-0.25, -0.2) is 8.42 Å². The second-order valence-electron chi connectivity index (χ2n) is 7.27. The summed E-state index contributed by atoms with van der Waals surface area (Å²) in [5.74, 6) is -1.18. The highest BCUT2D eigenvalue weighted by Gasteiger charge is 2.22. The van der Waals surface area contributed by atoms with Gasteiger partial charge in [-0.05, 0) is 35.9 Å². The zero-order valence-electron chi connectivity index (χ0n) is 16.8. The van der Waals surface area contributed by atoms with Crippen LogP contribution in [0.2, 0.25) is 9.36 Å². The van der Waals surface area contributed by atoms with Crippen molar-refractivity contribution in [2.24, 2.45) is 0 Å². The third-order valence-corrected chi connectivity index (χ3v) is 8.68. The van der Waals surface area contributed by atoms with Gasteiger partial charge >= 0.3 is 0 Å². The van der Waals surface area contributed by atoms with Gasteiger partial charge in [-0.15, -0.1) is 11.3 Å². The third-order valence-electron chi connectivity index (χ3n) is 4.88.